The van der Waals surface area contributed by atoms with Gasteiger partial charge in [0, 0.05) is 49.3 Å². The lowest BCUT2D eigenvalue weighted by atomic mass is 10.1. The van der Waals surface area contributed by atoms with Crippen molar-refractivity contribution in [2.45, 2.75) is 20.8 Å². The summed E-state index contributed by atoms with van der Waals surface area (Å²) in [5.41, 5.74) is 10.2. The number of nitrogens with two attached hydrogens (primary N) is 1. The van der Waals surface area contributed by atoms with Crippen LogP contribution in [0.25, 0.3) is 11.4 Å². The van der Waals surface area contributed by atoms with E-state index in [4.69, 9.17) is 5.73 Å². The zero-order chi connectivity index (χ0) is 22.8. The van der Waals surface area contributed by atoms with Gasteiger partial charge in [0.2, 0.25) is 5.88 Å². The van der Waals surface area contributed by atoms with Gasteiger partial charge in [-0.05, 0) is 38.6 Å². The van der Waals surface area contributed by atoms with E-state index in [1.807, 2.05) is 24.8 Å². The number of pyridine rings is 1. The molecule has 32 heavy (non-hydrogen) atoms. The molecule has 4 N–H and O–H groups in total. The van der Waals surface area contributed by atoms with Gasteiger partial charge in [0.25, 0.3) is 5.91 Å². The molecule has 2 aromatic heterocycles. The van der Waals surface area contributed by atoms with Crippen molar-refractivity contribution in [1.29, 1.82) is 0 Å². The van der Waals surface area contributed by atoms with Crippen LogP contribution in [0.1, 0.15) is 36.7 Å². The smallest absolute Gasteiger partial charge is 0.255 e. The first-order chi connectivity index (χ1) is 15.4. The molecule has 0 atom stereocenters. The van der Waals surface area contributed by atoms with Gasteiger partial charge in [0.1, 0.15) is 0 Å². The molecule has 0 radical (unpaired) electrons. The quantitative estimate of drug-likeness (QED) is 0.672. The average Bonchev–Trinajstić information content (AvgIpc) is 3.13. The Labute approximate surface area is 187 Å². The van der Waals surface area contributed by atoms with E-state index in [2.05, 4.69) is 27.2 Å². The van der Waals surface area contributed by atoms with E-state index in [0.29, 0.717) is 35.7 Å². The minimum Gasteiger partial charge on any atom is -0.493 e. The summed E-state index contributed by atoms with van der Waals surface area (Å²) in [4.78, 5) is 21.4. The van der Waals surface area contributed by atoms with E-state index in [0.717, 1.165) is 36.6 Å². The molecule has 0 aliphatic carbocycles. The highest BCUT2D eigenvalue weighted by atomic mass is 16.3. The van der Waals surface area contributed by atoms with Gasteiger partial charge < -0.3 is 26.0 Å². The van der Waals surface area contributed by atoms with Crippen LogP contribution in [0.2, 0.25) is 0 Å². The van der Waals surface area contributed by atoms with Crippen LogP contribution < -0.4 is 11.1 Å². The molecule has 168 valence electrons. The molecule has 9 heteroatoms. The third kappa shape index (κ3) is 4.11. The fourth-order valence-corrected chi connectivity index (χ4v) is 3.92. The van der Waals surface area contributed by atoms with Crippen LogP contribution in [0.15, 0.2) is 53.8 Å². The van der Waals surface area contributed by atoms with Crippen LogP contribution in [0.3, 0.4) is 0 Å². The van der Waals surface area contributed by atoms with Crippen LogP contribution in [-0.4, -0.2) is 68.3 Å². The maximum atomic E-state index is 12.8. The second kappa shape index (κ2) is 8.88. The van der Waals surface area contributed by atoms with Gasteiger partial charge in [0.05, 0.1) is 23.0 Å². The Morgan fingerprint density at radius 1 is 1.12 bits per heavy atom. The number of rotatable bonds is 4. The van der Waals surface area contributed by atoms with Gasteiger partial charge in [0.15, 0.2) is 5.82 Å². The average molecular weight is 436 g/mol. The number of aromatic hydroxyl groups is 1. The summed E-state index contributed by atoms with van der Waals surface area (Å²) in [6.45, 7) is 10.1. The molecular formula is C23H29N7O2. The van der Waals surface area contributed by atoms with Gasteiger partial charge in [-0.25, -0.2) is 4.98 Å². The van der Waals surface area contributed by atoms with E-state index in [1.165, 1.54) is 10.9 Å². The number of carbonyl (C=O) groups is 1. The molecule has 0 saturated carbocycles. The molecule has 1 fully saturated rings. The highest BCUT2D eigenvalue weighted by molar-refractivity contribution is 5.94. The number of piperazine rings is 1. The van der Waals surface area contributed by atoms with E-state index in [-0.39, 0.29) is 11.8 Å². The summed E-state index contributed by atoms with van der Waals surface area (Å²) in [7, 11) is 0. The van der Waals surface area contributed by atoms with Crippen molar-refractivity contribution in [3.8, 4) is 11.7 Å². The number of nitrogens with zero attached hydrogens (tertiary/aromatic N) is 5. The van der Waals surface area contributed by atoms with Crippen molar-refractivity contribution in [3.05, 3.63) is 64.9 Å². The number of hydrogen-bond acceptors (Lipinski definition) is 7. The maximum absolute atomic E-state index is 12.8. The van der Waals surface area contributed by atoms with Gasteiger partial charge in [-0.2, -0.15) is 9.78 Å². The normalized spacial score (nSPS) is 17.5. The molecular weight excluding hydrogens is 406 g/mol. The van der Waals surface area contributed by atoms with Crippen molar-refractivity contribution in [1.82, 2.24) is 29.9 Å². The number of aromatic nitrogens is 3. The SMILES string of the molecule is CCN1CCN(C(=O)c2ccc(-n3ncc(C4=C(C)NC(C)=C(N)C=C4)c3O)nc2)CC1. The fourth-order valence-electron chi connectivity index (χ4n) is 3.92. The van der Waals surface area contributed by atoms with Crippen molar-refractivity contribution < 1.29 is 9.90 Å². The molecule has 0 aromatic carbocycles. The molecule has 1 amide bonds. The van der Waals surface area contributed by atoms with E-state index >= 15 is 0 Å². The predicted molar refractivity (Wildman–Crippen MR) is 123 cm³/mol. The lowest BCUT2D eigenvalue weighted by Crippen LogP contribution is -2.48. The van der Waals surface area contributed by atoms with Crippen LogP contribution in [0.5, 0.6) is 5.88 Å². The molecule has 4 heterocycles. The predicted octanol–water partition coefficient (Wildman–Crippen LogP) is 1.83. The first-order valence-electron chi connectivity index (χ1n) is 10.8. The molecule has 1 saturated heterocycles. The van der Waals surface area contributed by atoms with Crippen molar-refractivity contribution in [2.24, 2.45) is 5.73 Å². The monoisotopic (exact) mass is 435 g/mol. The molecule has 0 unspecified atom stereocenters. The van der Waals surface area contributed by atoms with Crippen molar-refractivity contribution >= 4 is 11.5 Å². The van der Waals surface area contributed by atoms with Crippen molar-refractivity contribution in [3.63, 3.8) is 0 Å². The lowest BCUT2D eigenvalue weighted by Gasteiger charge is -2.34. The molecule has 2 aliphatic rings. The number of allylic oxidation sites excluding steroid dienone is 5. The van der Waals surface area contributed by atoms with Gasteiger partial charge in [-0.1, -0.05) is 13.0 Å². The number of nitrogens with one attached hydrogen (secondary N) is 1. The molecule has 4 rings (SSSR count). The summed E-state index contributed by atoms with van der Waals surface area (Å²) in [5.74, 6) is 0.367. The topological polar surface area (TPSA) is 113 Å². The largest absolute Gasteiger partial charge is 0.493 e. The Morgan fingerprint density at radius 3 is 2.53 bits per heavy atom. The van der Waals surface area contributed by atoms with Crippen LogP contribution in [-0.2, 0) is 0 Å². The summed E-state index contributed by atoms with van der Waals surface area (Å²) in [6.07, 6.45) is 6.77. The molecule has 9 nitrogen and oxygen atoms in total. The zero-order valence-electron chi connectivity index (χ0n) is 18.7. The number of likely N-dealkylation sites (N-methyl/N-ethyl adjacent to an activating group) is 1. The Hall–Kier alpha value is -3.59. The Kier molecular flexibility index (Phi) is 6.00. The highest BCUT2D eigenvalue weighted by Gasteiger charge is 2.22. The highest BCUT2D eigenvalue weighted by Crippen LogP contribution is 2.31. The van der Waals surface area contributed by atoms with Crippen LogP contribution in [0.4, 0.5) is 0 Å². The van der Waals surface area contributed by atoms with Crippen molar-refractivity contribution in [2.75, 3.05) is 32.7 Å². The second-order valence-corrected chi connectivity index (χ2v) is 8.00. The minimum absolute atomic E-state index is 0.0268. The number of hydrogen-bond donors (Lipinski definition) is 3. The molecule has 0 spiro atoms. The first-order valence-corrected chi connectivity index (χ1v) is 10.8. The molecule has 2 aliphatic heterocycles. The fraction of sp³-hybridized carbons (Fsp3) is 0.348. The summed E-state index contributed by atoms with van der Waals surface area (Å²) in [6, 6.07) is 3.42. The second-order valence-electron chi connectivity index (χ2n) is 8.00. The Bertz CT molecular complexity index is 1100. The molecule has 2 aromatic rings. The lowest BCUT2D eigenvalue weighted by molar-refractivity contribution is 0.0643. The summed E-state index contributed by atoms with van der Waals surface area (Å²) in [5, 5.41) is 18.4. The van der Waals surface area contributed by atoms with Gasteiger partial charge in [-0.15, -0.1) is 0 Å². The summed E-state index contributed by atoms with van der Waals surface area (Å²) < 4.78 is 1.35. The van der Waals surface area contributed by atoms with Gasteiger partial charge >= 0.3 is 0 Å². The Balaban J connectivity index is 1.54. The standard InChI is InChI=1S/C23H29N7O2/c1-4-28-9-11-29(12-10-28)22(31)17-5-8-21(25-13-17)30-23(32)19(14-26-30)18-6-7-20(24)16(3)27-15(18)2/h5-8,13-14,27,32H,4,9-12,24H2,1-3H3. The van der Waals surface area contributed by atoms with Gasteiger partial charge in [-0.3, -0.25) is 4.79 Å². The number of carbonyl (C=O) groups excluding carboxylic acids is 1. The minimum atomic E-state index is -0.0359. The maximum Gasteiger partial charge on any atom is 0.255 e. The number of amides is 1. The first kappa shape index (κ1) is 21.6. The van der Waals surface area contributed by atoms with Crippen LogP contribution >= 0.6 is 0 Å². The molecule has 0 bridgehead atoms. The Morgan fingerprint density at radius 2 is 1.88 bits per heavy atom. The third-order valence-electron chi connectivity index (χ3n) is 5.99. The van der Waals surface area contributed by atoms with E-state index < -0.39 is 0 Å². The third-order valence-corrected chi connectivity index (χ3v) is 5.99. The van der Waals surface area contributed by atoms with Crippen LogP contribution in [0, 0.1) is 0 Å². The van der Waals surface area contributed by atoms with E-state index in [9.17, 15) is 9.90 Å². The van der Waals surface area contributed by atoms with E-state index in [1.54, 1.807) is 24.4 Å². The zero-order valence-corrected chi connectivity index (χ0v) is 18.7. The summed E-state index contributed by atoms with van der Waals surface area (Å²) >= 11 is 0.